The van der Waals surface area contributed by atoms with Gasteiger partial charge < -0.3 is 9.84 Å². The van der Waals surface area contributed by atoms with Crippen LogP contribution >= 0.6 is 0 Å². The molecule has 0 heterocycles. The summed E-state index contributed by atoms with van der Waals surface area (Å²) >= 11 is 0. The lowest BCUT2D eigenvalue weighted by Gasteiger charge is -2.28. The maximum absolute atomic E-state index is 12.3. The van der Waals surface area contributed by atoms with Crippen molar-refractivity contribution in [2.45, 2.75) is 161 Å². The number of hydrogen-bond acceptors (Lipinski definition) is 3. The van der Waals surface area contributed by atoms with E-state index < -0.39 is 5.79 Å². The van der Waals surface area contributed by atoms with Gasteiger partial charge in [0.25, 0.3) is 0 Å². The van der Waals surface area contributed by atoms with Gasteiger partial charge in [-0.15, -0.1) is 0 Å². The van der Waals surface area contributed by atoms with Crippen LogP contribution in [0.3, 0.4) is 0 Å². The molecule has 0 aliphatic heterocycles. The van der Waals surface area contributed by atoms with E-state index >= 15 is 0 Å². The molecule has 1 atom stereocenters. The van der Waals surface area contributed by atoms with Crippen LogP contribution in [-0.2, 0) is 9.53 Å². The molecular formula is C27H53O3. The zero-order valence-electron chi connectivity index (χ0n) is 20.7. The maximum Gasteiger partial charge on any atom is 0.308 e. The second kappa shape index (κ2) is 21.7. The van der Waals surface area contributed by atoms with Crippen LogP contribution in [0.5, 0.6) is 0 Å². The lowest BCUT2D eigenvalue weighted by Crippen LogP contribution is -2.35. The van der Waals surface area contributed by atoms with Crippen molar-refractivity contribution >= 4 is 5.97 Å². The Morgan fingerprint density at radius 3 is 1.63 bits per heavy atom. The van der Waals surface area contributed by atoms with Crippen LogP contribution in [0.25, 0.3) is 0 Å². The third kappa shape index (κ3) is 19.4. The lowest BCUT2D eigenvalue weighted by molar-refractivity contribution is -0.199. The van der Waals surface area contributed by atoms with Crippen LogP contribution in [0.4, 0.5) is 0 Å². The molecule has 0 rings (SSSR count). The average molecular weight is 426 g/mol. The van der Waals surface area contributed by atoms with Gasteiger partial charge >= 0.3 is 5.97 Å². The molecule has 3 nitrogen and oxygen atoms in total. The van der Waals surface area contributed by atoms with Crippen LogP contribution < -0.4 is 0 Å². The molecule has 0 aromatic rings. The highest BCUT2D eigenvalue weighted by molar-refractivity contribution is 5.69. The molecule has 0 bridgehead atoms. The minimum absolute atomic E-state index is 0.238. The number of rotatable bonds is 23. The highest BCUT2D eigenvalue weighted by Crippen LogP contribution is 2.25. The molecule has 0 saturated heterocycles. The van der Waals surface area contributed by atoms with E-state index in [1.165, 1.54) is 83.5 Å². The minimum Gasteiger partial charge on any atom is -0.433 e. The van der Waals surface area contributed by atoms with Crippen molar-refractivity contribution in [2.75, 3.05) is 0 Å². The highest BCUT2D eigenvalue weighted by atomic mass is 16.7. The van der Waals surface area contributed by atoms with Gasteiger partial charge in [0.1, 0.15) is 0 Å². The summed E-state index contributed by atoms with van der Waals surface area (Å²) in [6.45, 7) is 6.67. The van der Waals surface area contributed by atoms with Gasteiger partial charge in [0, 0.05) is 19.3 Å². The van der Waals surface area contributed by atoms with E-state index in [-0.39, 0.29) is 5.97 Å². The zero-order chi connectivity index (χ0) is 22.3. The molecule has 3 heteroatoms. The maximum atomic E-state index is 12.3. The largest absolute Gasteiger partial charge is 0.433 e. The molecule has 179 valence electrons. The van der Waals surface area contributed by atoms with Crippen molar-refractivity contribution in [3.05, 3.63) is 6.42 Å². The molecule has 0 fully saturated rings. The van der Waals surface area contributed by atoms with Gasteiger partial charge in [0.05, 0.1) is 0 Å². The van der Waals surface area contributed by atoms with E-state index in [1.807, 2.05) is 6.42 Å². The van der Waals surface area contributed by atoms with Gasteiger partial charge in [-0.2, -0.15) is 0 Å². The van der Waals surface area contributed by atoms with Crippen molar-refractivity contribution in [3.63, 3.8) is 0 Å². The minimum atomic E-state index is -1.37. The molecule has 30 heavy (non-hydrogen) atoms. The quantitative estimate of drug-likeness (QED) is 0.101. The molecule has 0 amide bonds. The van der Waals surface area contributed by atoms with Crippen LogP contribution in [-0.4, -0.2) is 16.9 Å². The molecule has 0 aliphatic rings. The lowest BCUT2D eigenvalue weighted by atomic mass is 9.98. The summed E-state index contributed by atoms with van der Waals surface area (Å²) in [5.41, 5.74) is 0. The monoisotopic (exact) mass is 425 g/mol. The predicted octanol–water partition coefficient (Wildman–Crippen LogP) is 8.67. The third-order valence-corrected chi connectivity index (χ3v) is 5.93. The van der Waals surface area contributed by atoms with Gasteiger partial charge in [-0.3, -0.25) is 4.79 Å². The Hall–Kier alpha value is -0.570. The number of esters is 1. The smallest absolute Gasteiger partial charge is 0.308 e. The molecule has 1 unspecified atom stereocenters. The Morgan fingerprint density at radius 1 is 0.667 bits per heavy atom. The number of ether oxygens (including phenoxy) is 1. The molecule has 0 aromatic carbocycles. The molecule has 0 aromatic heterocycles. The highest BCUT2D eigenvalue weighted by Gasteiger charge is 2.30. The van der Waals surface area contributed by atoms with Gasteiger partial charge in [0.15, 0.2) is 0 Å². The summed E-state index contributed by atoms with van der Waals surface area (Å²) in [5, 5.41) is 11.0. The van der Waals surface area contributed by atoms with Gasteiger partial charge in [-0.05, 0) is 19.3 Å². The van der Waals surface area contributed by atoms with Crippen molar-refractivity contribution in [1.82, 2.24) is 0 Å². The van der Waals surface area contributed by atoms with Crippen LogP contribution in [0.2, 0.25) is 0 Å². The Morgan fingerprint density at radius 2 is 1.10 bits per heavy atom. The molecule has 0 spiro atoms. The first-order valence-corrected chi connectivity index (χ1v) is 13.4. The second-order valence-electron chi connectivity index (χ2n) is 9.11. The van der Waals surface area contributed by atoms with E-state index in [0.717, 1.165) is 38.5 Å². The standard InChI is InChI=1S/C27H53O3/c1-4-7-10-13-16-19-22-25-27(29,24-21-18-15-12-9-6-3)30-26(28)23-20-17-14-11-8-5-2/h25,29H,4-24H2,1-3H3. The summed E-state index contributed by atoms with van der Waals surface area (Å²) < 4.78 is 5.60. The fraction of sp³-hybridized carbons (Fsp3) is 0.926. The molecule has 0 aliphatic carbocycles. The predicted molar refractivity (Wildman–Crippen MR) is 129 cm³/mol. The Kier molecular flexibility index (Phi) is 21.2. The van der Waals surface area contributed by atoms with Crippen molar-refractivity contribution in [2.24, 2.45) is 0 Å². The zero-order valence-corrected chi connectivity index (χ0v) is 20.7. The number of carbonyl (C=O) groups excluding carboxylic acids is 1. The van der Waals surface area contributed by atoms with E-state index in [1.54, 1.807) is 0 Å². The third-order valence-electron chi connectivity index (χ3n) is 5.93. The Labute approximate surface area is 188 Å². The number of carbonyl (C=O) groups is 1. The van der Waals surface area contributed by atoms with Gasteiger partial charge in [-0.25, -0.2) is 0 Å². The SMILES string of the molecule is CCCCCCCC[CH]C(O)(CCCCCCCC)OC(=O)CCCCCCCC. The first kappa shape index (κ1) is 29.4. The summed E-state index contributed by atoms with van der Waals surface area (Å²) in [6.07, 6.45) is 24.9. The second-order valence-corrected chi connectivity index (χ2v) is 9.11. The van der Waals surface area contributed by atoms with E-state index in [9.17, 15) is 9.90 Å². The normalized spacial score (nSPS) is 13.3. The van der Waals surface area contributed by atoms with Crippen LogP contribution in [0, 0.1) is 6.42 Å². The molecule has 1 N–H and O–H groups in total. The fourth-order valence-electron chi connectivity index (χ4n) is 3.90. The van der Waals surface area contributed by atoms with E-state index in [2.05, 4.69) is 20.8 Å². The summed E-state index contributed by atoms with van der Waals surface area (Å²) in [7, 11) is 0. The average Bonchev–Trinajstić information content (AvgIpc) is 2.72. The summed E-state index contributed by atoms with van der Waals surface area (Å²) in [4.78, 5) is 12.3. The first-order chi connectivity index (χ1) is 14.6. The Bertz CT molecular complexity index is 369. The number of aliphatic hydroxyl groups is 1. The fourth-order valence-corrected chi connectivity index (χ4v) is 3.90. The number of hydrogen-bond donors (Lipinski definition) is 1. The van der Waals surface area contributed by atoms with Gasteiger partial charge in [0.2, 0.25) is 5.79 Å². The summed E-state index contributed by atoms with van der Waals surface area (Å²) in [5.74, 6) is -1.61. The van der Waals surface area contributed by atoms with E-state index in [0.29, 0.717) is 12.8 Å². The van der Waals surface area contributed by atoms with Crippen LogP contribution in [0.1, 0.15) is 156 Å². The molecule has 1 radical (unpaired) electrons. The van der Waals surface area contributed by atoms with Crippen molar-refractivity contribution < 1.29 is 14.6 Å². The van der Waals surface area contributed by atoms with Gasteiger partial charge in [-0.1, -0.05) is 124 Å². The topological polar surface area (TPSA) is 46.5 Å². The van der Waals surface area contributed by atoms with E-state index in [4.69, 9.17) is 4.74 Å². The number of unbranched alkanes of at least 4 members (excludes halogenated alkanes) is 16. The molecule has 0 saturated carbocycles. The van der Waals surface area contributed by atoms with Crippen molar-refractivity contribution in [1.29, 1.82) is 0 Å². The Balaban J connectivity index is 4.24. The molecular weight excluding hydrogens is 372 g/mol. The van der Waals surface area contributed by atoms with Crippen LogP contribution in [0.15, 0.2) is 0 Å². The summed E-state index contributed by atoms with van der Waals surface area (Å²) in [6, 6.07) is 0. The first-order valence-electron chi connectivity index (χ1n) is 13.4. The van der Waals surface area contributed by atoms with Crippen molar-refractivity contribution in [3.8, 4) is 0 Å².